The molecule has 1 fully saturated rings. The topological polar surface area (TPSA) is 21.3 Å². The van der Waals surface area contributed by atoms with Crippen molar-refractivity contribution in [2.45, 2.75) is 12.5 Å². The van der Waals surface area contributed by atoms with Crippen LogP contribution < -0.4 is 10.1 Å². The molecule has 3 heteroatoms. The molecule has 2 atom stereocenters. The molecule has 0 saturated carbocycles. The summed E-state index contributed by atoms with van der Waals surface area (Å²) >= 11 is 3.53. The molecule has 14 heavy (non-hydrogen) atoms. The number of hydrogen-bond donors (Lipinski definition) is 1. The van der Waals surface area contributed by atoms with Gasteiger partial charge < -0.3 is 10.1 Å². The fourth-order valence-corrected chi connectivity index (χ4v) is 2.91. The summed E-state index contributed by atoms with van der Waals surface area (Å²) in [4.78, 5) is 0. The molecule has 0 radical (unpaired) electrons. The largest absolute Gasteiger partial charge is 0.492 e. The Morgan fingerprint density at radius 1 is 1.43 bits per heavy atom. The number of hydrogen-bond acceptors (Lipinski definition) is 2. The van der Waals surface area contributed by atoms with Crippen molar-refractivity contribution >= 4 is 15.9 Å². The molecule has 1 aromatic carbocycles. The van der Waals surface area contributed by atoms with Crippen LogP contribution in [0.1, 0.15) is 18.0 Å². The smallest absolute Gasteiger partial charge is 0.138 e. The van der Waals surface area contributed by atoms with Gasteiger partial charge in [-0.25, -0.2) is 0 Å². The van der Waals surface area contributed by atoms with Crippen LogP contribution in [0.15, 0.2) is 22.7 Å². The van der Waals surface area contributed by atoms with Crippen molar-refractivity contribution in [3.63, 3.8) is 0 Å². The van der Waals surface area contributed by atoms with Crippen molar-refractivity contribution in [2.75, 3.05) is 13.2 Å². The van der Waals surface area contributed by atoms with Gasteiger partial charge in [-0.15, -0.1) is 0 Å². The number of halogens is 1. The Morgan fingerprint density at radius 2 is 2.36 bits per heavy atom. The van der Waals surface area contributed by atoms with E-state index in [4.69, 9.17) is 4.74 Å². The molecule has 74 valence electrons. The van der Waals surface area contributed by atoms with Crippen LogP contribution in [0.3, 0.4) is 0 Å². The zero-order chi connectivity index (χ0) is 9.54. The number of ether oxygens (including phenoxy) is 1. The van der Waals surface area contributed by atoms with Gasteiger partial charge in [-0.05, 0) is 35.0 Å². The van der Waals surface area contributed by atoms with Gasteiger partial charge >= 0.3 is 0 Å². The lowest BCUT2D eigenvalue weighted by Gasteiger charge is -2.29. The summed E-state index contributed by atoms with van der Waals surface area (Å²) < 4.78 is 6.85. The third-order valence-corrected chi connectivity index (χ3v) is 3.75. The zero-order valence-electron chi connectivity index (χ0n) is 7.79. The summed E-state index contributed by atoms with van der Waals surface area (Å²) in [5, 5.41) is 3.54. The first kappa shape index (κ1) is 8.74. The van der Waals surface area contributed by atoms with Gasteiger partial charge in [0.05, 0.1) is 11.1 Å². The normalized spacial score (nSPS) is 29.2. The van der Waals surface area contributed by atoms with E-state index in [0.29, 0.717) is 12.0 Å². The molecule has 1 N–H and O–H groups in total. The third kappa shape index (κ3) is 1.19. The first-order valence-electron chi connectivity index (χ1n) is 5.01. The first-order valence-corrected chi connectivity index (χ1v) is 5.80. The molecule has 0 bridgehead atoms. The minimum atomic E-state index is 0.510. The Labute approximate surface area is 91.8 Å². The van der Waals surface area contributed by atoms with E-state index in [-0.39, 0.29) is 0 Å². The van der Waals surface area contributed by atoms with Crippen molar-refractivity contribution < 1.29 is 4.74 Å². The highest BCUT2D eigenvalue weighted by Crippen LogP contribution is 2.42. The lowest BCUT2D eigenvalue weighted by molar-refractivity contribution is 0.203. The second-order valence-corrected chi connectivity index (χ2v) is 4.80. The van der Waals surface area contributed by atoms with Crippen LogP contribution in [0.2, 0.25) is 0 Å². The van der Waals surface area contributed by atoms with Gasteiger partial charge in [-0.1, -0.05) is 12.1 Å². The van der Waals surface area contributed by atoms with E-state index in [9.17, 15) is 0 Å². The lowest BCUT2D eigenvalue weighted by Crippen LogP contribution is -2.27. The molecule has 2 heterocycles. The van der Waals surface area contributed by atoms with Crippen molar-refractivity contribution in [3.8, 4) is 5.75 Å². The quantitative estimate of drug-likeness (QED) is 0.768. The molecule has 2 aliphatic heterocycles. The molecular weight excluding hydrogens is 242 g/mol. The summed E-state index contributed by atoms with van der Waals surface area (Å²) in [7, 11) is 0. The monoisotopic (exact) mass is 253 g/mol. The maximum absolute atomic E-state index is 5.78. The van der Waals surface area contributed by atoms with E-state index in [2.05, 4.69) is 33.4 Å². The molecule has 1 saturated heterocycles. The van der Waals surface area contributed by atoms with Crippen LogP contribution in [0.5, 0.6) is 5.75 Å². The molecule has 0 aliphatic carbocycles. The van der Waals surface area contributed by atoms with E-state index in [1.54, 1.807) is 0 Å². The lowest BCUT2D eigenvalue weighted by atomic mass is 9.92. The maximum atomic E-state index is 5.78. The van der Waals surface area contributed by atoms with E-state index >= 15 is 0 Å². The van der Waals surface area contributed by atoms with Crippen molar-refractivity contribution in [1.29, 1.82) is 0 Å². The van der Waals surface area contributed by atoms with Crippen molar-refractivity contribution in [2.24, 2.45) is 5.92 Å². The van der Waals surface area contributed by atoms with Gasteiger partial charge in [0.15, 0.2) is 0 Å². The van der Waals surface area contributed by atoms with Gasteiger partial charge in [0, 0.05) is 17.5 Å². The van der Waals surface area contributed by atoms with Crippen LogP contribution >= 0.6 is 15.9 Å². The summed E-state index contributed by atoms with van der Waals surface area (Å²) in [5.74, 6) is 1.69. The molecule has 2 nitrogen and oxygen atoms in total. The second kappa shape index (κ2) is 3.24. The maximum Gasteiger partial charge on any atom is 0.138 e. The SMILES string of the molecule is Brc1cccc2c1OCC1CCNC21. The van der Waals surface area contributed by atoms with E-state index < -0.39 is 0 Å². The van der Waals surface area contributed by atoms with Crippen LogP contribution in [0.4, 0.5) is 0 Å². The predicted octanol–water partition coefficient (Wildman–Crippen LogP) is 2.49. The molecule has 3 rings (SSSR count). The van der Waals surface area contributed by atoms with Gasteiger partial charge in [0.25, 0.3) is 0 Å². The number of para-hydroxylation sites is 1. The second-order valence-electron chi connectivity index (χ2n) is 3.95. The molecule has 0 aromatic heterocycles. The molecule has 0 spiro atoms. The number of rotatable bonds is 0. The standard InChI is InChI=1S/C11H12BrNO/c12-9-3-1-2-8-10-7(4-5-13-10)6-14-11(8)9/h1-3,7,10,13H,4-6H2. The van der Waals surface area contributed by atoms with E-state index in [0.717, 1.165) is 23.4 Å². The molecule has 0 amide bonds. The number of nitrogens with one attached hydrogen (secondary N) is 1. The molecule has 2 unspecified atom stereocenters. The highest BCUT2D eigenvalue weighted by Gasteiger charge is 2.34. The minimum absolute atomic E-state index is 0.510. The summed E-state index contributed by atoms with van der Waals surface area (Å²) in [6.07, 6.45) is 1.23. The molecule has 2 aliphatic rings. The van der Waals surface area contributed by atoms with Gasteiger partial charge in [-0.3, -0.25) is 0 Å². The number of fused-ring (bicyclic) bond motifs is 3. The van der Waals surface area contributed by atoms with Crippen LogP contribution in [0.25, 0.3) is 0 Å². The third-order valence-electron chi connectivity index (χ3n) is 3.13. The minimum Gasteiger partial charge on any atom is -0.492 e. The van der Waals surface area contributed by atoms with Crippen LogP contribution in [-0.4, -0.2) is 13.2 Å². The van der Waals surface area contributed by atoms with Gasteiger partial charge in [0.1, 0.15) is 5.75 Å². The summed E-state index contributed by atoms with van der Waals surface area (Å²) in [5.41, 5.74) is 1.31. The van der Waals surface area contributed by atoms with E-state index in [1.165, 1.54) is 12.0 Å². The Kier molecular flexibility index (Phi) is 2.03. The summed E-state index contributed by atoms with van der Waals surface area (Å²) in [6.45, 7) is 1.97. The average Bonchev–Trinajstić information content (AvgIpc) is 2.66. The van der Waals surface area contributed by atoms with Crippen LogP contribution in [-0.2, 0) is 0 Å². The molecule has 1 aromatic rings. The Hall–Kier alpha value is -0.540. The predicted molar refractivity (Wildman–Crippen MR) is 58.5 cm³/mol. The summed E-state index contributed by atoms with van der Waals surface area (Å²) in [6, 6.07) is 6.79. The van der Waals surface area contributed by atoms with Crippen molar-refractivity contribution in [3.05, 3.63) is 28.2 Å². The average molecular weight is 254 g/mol. The number of benzene rings is 1. The van der Waals surface area contributed by atoms with Gasteiger partial charge in [-0.2, -0.15) is 0 Å². The molecular formula is C11H12BrNO. The highest BCUT2D eigenvalue weighted by molar-refractivity contribution is 9.10. The Bertz CT molecular complexity index is 366. The zero-order valence-corrected chi connectivity index (χ0v) is 9.38. The Morgan fingerprint density at radius 3 is 3.29 bits per heavy atom. The van der Waals surface area contributed by atoms with Crippen molar-refractivity contribution in [1.82, 2.24) is 5.32 Å². The van der Waals surface area contributed by atoms with Gasteiger partial charge in [0.2, 0.25) is 0 Å². The first-order chi connectivity index (χ1) is 6.86. The Balaban J connectivity index is 2.09. The fraction of sp³-hybridized carbons (Fsp3) is 0.455. The van der Waals surface area contributed by atoms with E-state index in [1.807, 2.05) is 6.07 Å². The highest BCUT2D eigenvalue weighted by atomic mass is 79.9. The van der Waals surface area contributed by atoms with Crippen LogP contribution in [0, 0.1) is 5.92 Å². The fourth-order valence-electron chi connectivity index (χ4n) is 2.41.